The first-order valence-electron chi connectivity index (χ1n) is 11.5. The van der Waals surface area contributed by atoms with Crippen LogP contribution < -0.4 is 15.6 Å². The lowest BCUT2D eigenvalue weighted by atomic mass is 10.0. The molecule has 6 N–H and O–H groups in total. The van der Waals surface area contributed by atoms with Crippen LogP contribution in [0.4, 0.5) is 5.13 Å². The van der Waals surface area contributed by atoms with E-state index in [-0.39, 0.29) is 33.2 Å². The van der Waals surface area contributed by atoms with Crippen LogP contribution in [0.2, 0.25) is 4.34 Å². The van der Waals surface area contributed by atoms with Gasteiger partial charge in [-0.05, 0) is 6.92 Å². The lowest BCUT2D eigenvalue weighted by Gasteiger charge is -2.49. The molecule has 40 heavy (non-hydrogen) atoms. The summed E-state index contributed by atoms with van der Waals surface area (Å²) in [6.45, 7) is 1.42. The second kappa shape index (κ2) is 10.7. The number of nitrogens with zero attached hydrogens (tertiary/aromatic N) is 5. The number of thiazole rings is 1. The lowest BCUT2D eigenvalue weighted by molar-refractivity contribution is -0.687. The number of amides is 2. The van der Waals surface area contributed by atoms with Gasteiger partial charge in [0.25, 0.3) is 11.8 Å². The van der Waals surface area contributed by atoms with Crippen molar-refractivity contribution in [3.63, 3.8) is 0 Å². The Bertz CT molecular complexity index is 1620. The minimum atomic E-state index is -1.40. The number of halogens is 1. The van der Waals surface area contributed by atoms with Gasteiger partial charge in [-0.25, -0.2) is 19.6 Å². The normalized spacial score (nSPS) is 19.7. The maximum absolute atomic E-state index is 13.2. The quantitative estimate of drug-likeness (QED) is 0.0955. The number of hydrogen-bond acceptors (Lipinski definition) is 11. The van der Waals surface area contributed by atoms with Gasteiger partial charge in [0.2, 0.25) is 6.10 Å². The molecule has 2 aliphatic rings. The minimum absolute atomic E-state index is 0.00172. The molecule has 3 aromatic rings. The topological polar surface area (TPSA) is 217 Å². The average Bonchev–Trinajstić information content (AvgIpc) is 3.51. The number of nitrogen functional groups attached to an aromatic ring is 1. The first-order valence-corrected chi connectivity index (χ1v) is 13.7. The number of nitrogens with two attached hydrogens (primary N) is 1. The van der Waals surface area contributed by atoms with Gasteiger partial charge in [-0.1, -0.05) is 28.1 Å². The number of aromatic nitrogens is 4. The fourth-order valence-corrected chi connectivity index (χ4v) is 6.36. The van der Waals surface area contributed by atoms with Crippen LogP contribution >= 0.6 is 34.7 Å². The highest BCUT2D eigenvalue weighted by Crippen LogP contribution is 2.40. The molecule has 1 saturated heterocycles. The van der Waals surface area contributed by atoms with Gasteiger partial charge in [0, 0.05) is 17.4 Å². The molecule has 5 heterocycles. The Morgan fingerprint density at radius 3 is 2.88 bits per heavy atom. The first-order chi connectivity index (χ1) is 19.0. The van der Waals surface area contributed by atoms with Crippen LogP contribution in [0.1, 0.15) is 12.6 Å². The maximum Gasteiger partial charge on any atom is 0.352 e. The van der Waals surface area contributed by atoms with Crippen LogP contribution in [0.25, 0.3) is 11.0 Å². The van der Waals surface area contributed by atoms with Crippen molar-refractivity contribution in [1.29, 1.82) is 0 Å². The summed E-state index contributed by atoms with van der Waals surface area (Å²) in [6.07, 6.45) is 3.70. The maximum atomic E-state index is 13.2. The number of carboxylic acid groups (broad SMARTS) is 2. The van der Waals surface area contributed by atoms with Gasteiger partial charge in [0.1, 0.15) is 38.2 Å². The van der Waals surface area contributed by atoms with E-state index in [0.717, 1.165) is 27.3 Å². The van der Waals surface area contributed by atoms with E-state index in [2.05, 4.69) is 25.4 Å². The Labute approximate surface area is 237 Å². The molecule has 0 saturated carbocycles. The number of imidazole rings is 1. The van der Waals surface area contributed by atoms with E-state index in [9.17, 15) is 24.3 Å². The number of pyridine rings is 1. The van der Waals surface area contributed by atoms with Crippen LogP contribution in [0.15, 0.2) is 41.2 Å². The van der Waals surface area contributed by atoms with Crippen LogP contribution in [0.5, 0.6) is 0 Å². The number of H-pyrrole nitrogens is 1. The van der Waals surface area contributed by atoms with Crippen molar-refractivity contribution >= 4 is 80.3 Å². The van der Waals surface area contributed by atoms with Gasteiger partial charge in [-0.2, -0.15) is 4.57 Å². The molecule has 3 atom stereocenters. The zero-order valence-corrected chi connectivity index (χ0v) is 22.8. The second-order valence-corrected chi connectivity index (χ2v) is 11.4. The zero-order chi connectivity index (χ0) is 28.7. The highest BCUT2D eigenvalue weighted by molar-refractivity contribution is 8.00. The minimum Gasteiger partial charge on any atom is -0.478 e. The van der Waals surface area contributed by atoms with E-state index >= 15 is 0 Å². The molecule has 0 aromatic carbocycles. The van der Waals surface area contributed by atoms with E-state index in [1.165, 1.54) is 18.7 Å². The number of carboxylic acids is 2. The van der Waals surface area contributed by atoms with Gasteiger partial charge in [-0.15, -0.1) is 11.8 Å². The predicted molar refractivity (Wildman–Crippen MR) is 142 cm³/mol. The fourth-order valence-electron chi connectivity index (χ4n) is 4.09. The molecular weight excluding hydrogens is 588 g/mol. The third-order valence-electron chi connectivity index (χ3n) is 6.02. The van der Waals surface area contributed by atoms with Gasteiger partial charge < -0.3 is 31.1 Å². The summed E-state index contributed by atoms with van der Waals surface area (Å²) in [5, 5.41) is 24.5. The number of anilines is 1. The molecule has 2 amide bonds. The molecule has 1 fully saturated rings. The van der Waals surface area contributed by atoms with E-state index in [0.29, 0.717) is 5.57 Å². The summed E-state index contributed by atoms with van der Waals surface area (Å²) in [5.41, 5.74) is 6.92. The zero-order valence-electron chi connectivity index (χ0n) is 20.4. The number of nitrogens with one attached hydrogen (secondary N) is 2. The Kier molecular flexibility index (Phi) is 7.35. The monoisotopic (exact) mass is 607 g/mol. The van der Waals surface area contributed by atoms with Crippen molar-refractivity contribution in [1.82, 2.24) is 25.2 Å². The average molecular weight is 608 g/mol. The largest absolute Gasteiger partial charge is 0.478 e. The summed E-state index contributed by atoms with van der Waals surface area (Å²) < 4.78 is 1.78. The van der Waals surface area contributed by atoms with Gasteiger partial charge in [0.05, 0.1) is 6.33 Å². The Hall–Kier alpha value is -4.22. The van der Waals surface area contributed by atoms with Gasteiger partial charge in [-0.3, -0.25) is 14.5 Å². The number of β-lactam (4-membered cyclic amide) rings is 1. The third kappa shape index (κ3) is 5.05. The predicted octanol–water partition coefficient (Wildman–Crippen LogP) is 0.175. The van der Waals surface area contributed by atoms with Gasteiger partial charge in [0.15, 0.2) is 29.8 Å². The number of thioether (sulfide) groups is 1. The lowest BCUT2D eigenvalue weighted by Crippen LogP contribution is -2.71. The van der Waals surface area contributed by atoms with Crippen molar-refractivity contribution in [2.24, 2.45) is 5.16 Å². The summed E-state index contributed by atoms with van der Waals surface area (Å²) >= 11 is 8.28. The molecule has 2 aliphatic heterocycles. The van der Waals surface area contributed by atoms with E-state index < -0.39 is 47.0 Å². The molecular formula is C22H20ClN8O7S2+. The summed E-state index contributed by atoms with van der Waals surface area (Å²) in [7, 11) is 0. The SMILES string of the molecule is C[C@H](O/N=C(\C(=O)NC1C(=O)N2C(C(=O)O)=C(C[n+]3ccc4nc[nH]c4c3)CSC12)c1nc(N)sc1Cl)C(=O)O. The fraction of sp³-hybridized carbons (Fsp3) is 0.273. The molecule has 208 valence electrons. The van der Waals surface area contributed by atoms with Crippen LogP contribution in [0, 0.1) is 0 Å². The standard InChI is InChI=1S/C22H19ClN8O7S2/c1-8(20(34)35)38-29-13(12-16(23)40-22(24)28-12)17(32)27-14-18(33)31-15(21(36)37)9(6-39-19(14)31)4-30-3-2-10-11(5-30)26-7-25-10/h2-3,5,7-8,14,19H,4,6H2,1H3,(H5,24,27,28,32,34,35,36,37)/p+1/b29-13-/t8-,14?,19?/m0/s1. The van der Waals surface area contributed by atoms with Crippen LogP contribution in [0.3, 0.4) is 0 Å². The van der Waals surface area contributed by atoms with Crippen molar-refractivity contribution in [2.45, 2.75) is 31.0 Å². The number of carbonyl (C=O) groups excluding carboxylic acids is 2. The molecule has 0 aliphatic carbocycles. The smallest absolute Gasteiger partial charge is 0.352 e. The van der Waals surface area contributed by atoms with E-state index in [4.69, 9.17) is 27.3 Å². The molecule has 18 heteroatoms. The number of oxime groups is 1. The van der Waals surface area contributed by atoms with Gasteiger partial charge >= 0.3 is 11.9 Å². The number of fused-ring (bicyclic) bond motifs is 2. The number of hydrogen-bond donors (Lipinski definition) is 5. The Balaban J connectivity index is 1.37. The molecule has 0 spiro atoms. The number of aliphatic carboxylic acids is 2. The molecule has 5 rings (SSSR count). The summed E-state index contributed by atoms with van der Waals surface area (Å²) in [4.78, 5) is 66.9. The Morgan fingerprint density at radius 2 is 2.20 bits per heavy atom. The van der Waals surface area contributed by atoms with Crippen molar-refractivity contribution in [2.75, 3.05) is 11.5 Å². The van der Waals surface area contributed by atoms with Crippen LogP contribution in [-0.4, -0.2) is 82.8 Å². The van der Waals surface area contributed by atoms with Crippen molar-refractivity contribution in [3.8, 4) is 0 Å². The second-order valence-electron chi connectivity index (χ2n) is 8.64. The highest BCUT2D eigenvalue weighted by atomic mass is 35.5. The first kappa shape index (κ1) is 27.4. The molecule has 3 aromatic heterocycles. The molecule has 2 unspecified atom stereocenters. The van der Waals surface area contributed by atoms with Crippen LogP contribution in [-0.2, 0) is 30.6 Å². The highest BCUT2D eigenvalue weighted by Gasteiger charge is 2.55. The number of carbonyl (C=O) groups is 4. The molecule has 15 nitrogen and oxygen atoms in total. The van der Waals surface area contributed by atoms with E-state index in [1.807, 2.05) is 0 Å². The molecule has 0 bridgehead atoms. The summed E-state index contributed by atoms with van der Waals surface area (Å²) in [5.74, 6) is -3.90. The molecule has 0 radical (unpaired) electrons. The number of aromatic amines is 1. The third-order valence-corrected chi connectivity index (χ3v) is 8.44. The number of rotatable bonds is 9. The summed E-state index contributed by atoms with van der Waals surface area (Å²) in [6, 6.07) is 0.688. The van der Waals surface area contributed by atoms with Crippen molar-refractivity contribution in [3.05, 3.63) is 46.1 Å². The van der Waals surface area contributed by atoms with Crippen molar-refractivity contribution < 1.29 is 38.8 Å². The Morgan fingerprint density at radius 1 is 1.43 bits per heavy atom. The van der Waals surface area contributed by atoms with E-state index in [1.54, 1.807) is 29.4 Å².